The van der Waals surface area contributed by atoms with Crippen molar-refractivity contribution in [1.29, 1.82) is 5.26 Å². The second kappa shape index (κ2) is 14.1. The molecular formula is C34H31F3N6O3S2. The second-order valence-corrected chi connectivity index (χ2v) is 13.4. The van der Waals surface area contributed by atoms with Crippen LogP contribution in [-0.4, -0.2) is 79.4 Å². The van der Waals surface area contributed by atoms with Crippen molar-refractivity contribution in [2.75, 3.05) is 56.2 Å². The molecule has 3 aromatic carbocycles. The van der Waals surface area contributed by atoms with E-state index in [2.05, 4.69) is 6.07 Å². The number of hydrogen-bond acceptors (Lipinski definition) is 9. The molecule has 3 aliphatic heterocycles. The standard InChI is InChI=1S/C34H31F3N6O3S2/c1-22-8-9-24(20-38)18-26(22)39-33-43(21-23-6-4-3-5-7-23)30(44)29(48-33)31-40(2)27-11-10-25(19-28(27)47-31)42(32(45)34(35,36)37)13-12-41-14-16-46-17-15-41/h3-11,18-19H,12-17,21H2,1-2H3/b31-29-,39-33?. The number of amidine groups is 1. The van der Waals surface area contributed by atoms with Gasteiger partial charge in [-0.15, -0.1) is 0 Å². The molecule has 6 rings (SSSR count). The van der Waals surface area contributed by atoms with E-state index in [1.165, 1.54) is 29.6 Å². The Labute approximate surface area is 284 Å². The zero-order valence-electron chi connectivity index (χ0n) is 26.2. The maximum atomic E-state index is 14.1. The first-order valence-electron chi connectivity index (χ1n) is 15.2. The number of aryl methyl sites for hydroxylation is 1. The van der Waals surface area contributed by atoms with Gasteiger partial charge >= 0.3 is 12.1 Å². The fraction of sp³-hybridized carbons (Fsp3) is 0.294. The minimum atomic E-state index is -5.04. The van der Waals surface area contributed by atoms with Gasteiger partial charge in [0.05, 0.1) is 47.8 Å². The first-order valence-corrected chi connectivity index (χ1v) is 16.8. The molecule has 3 aromatic rings. The number of ether oxygens (including phenoxy) is 1. The molecule has 248 valence electrons. The summed E-state index contributed by atoms with van der Waals surface area (Å²) in [7, 11) is 1.79. The molecule has 0 unspecified atom stereocenters. The zero-order valence-corrected chi connectivity index (χ0v) is 27.8. The van der Waals surface area contributed by atoms with Crippen molar-refractivity contribution in [1.82, 2.24) is 9.80 Å². The second-order valence-electron chi connectivity index (χ2n) is 11.3. The zero-order chi connectivity index (χ0) is 34.0. The lowest BCUT2D eigenvalue weighted by Crippen LogP contribution is -2.47. The predicted octanol–water partition coefficient (Wildman–Crippen LogP) is 6.27. The summed E-state index contributed by atoms with van der Waals surface area (Å²) in [6.45, 7) is 4.42. The number of thioether (sulfide) groups is 2. The number of halogens is 3. The molecule has 0 N–H and O–H groups in total. The van der Waals surface area contributed by atoms with E-state index in [1.54, 1.807) is 36.2 Å². The minimum Gasteiger partial charge on any atom is -0.379 e. The van der Waals surface area contributed by atoms with Crippen LogP contribution in [0, 0.1) is 18.3 Å². The van der Waals surface area contributed by atoms with Crippen LogP contribution in [0.3, 0.4) is 0 Å². The Balaban J connectivity index is 1.33. The summed E-state index contributed by atoms with van der Waals surface area (Å²) >= 11 is 2.47. The Kier molecular flexibility index (Phi) is 9.84. The molecule has 48 heavy (non-hydrogen) atoms. The van der Waals surface area contributed by atoms with E-state index in [4.69, 9.17) is 9.73 Å². The highest BCUT2D eigenvalue weighted by molar-refractivity contribution is 8.19. The van der Waals surface area contributed by atoms with E-state index in [0.29, 0.717) is 63.2 Å². The monoisotopic (exact) mass is 692 g/mol. The molecule has 2 fully saturated rings. The Bertz CT molecular complexity index is 1840. The van der Waals surface area contributed by atoms with Crippen LogP contribution in [0.4, 0.5) is 30.2 Å². The van der Waals surface area contributed by atoms with Gasteiger partial charge in [0.15, 0.2) is 5.17 Å². The summed E-state index contributed by atoms with van der Waals surface area (Å²) < 4.78 is 46.5. The van der Waals surface area contributed by atoms with Crippen LogP contribution in [0.5, 0.6) is 0 Å². The third kappa shape index (κ3) is 7.09. The van der Waals surface area contributed by atoms with Crippen LogP contribution in [0.25, 0.3) is 0 Å². The molecule has 0 saturated carbocycles. The normalized spacial score (nSPS) is 19.2. The molecule has 3 heterocycles. The summed E-state index contributed by atoms with van der Waals surface area (Å²) in [5.41, 5.74) is 3.59. The van der Waals surface area contributed by atoms with E-state index in [9.17, 15) is 28.0 Å². The topological polar surface area (TPSA) is 92.5 Å². The molecule has 0 aromatic heterocycles. The Hall–Kier alpha value is -4.29. The fourth-order valence-corrected chi connectivity index (χ4v) is 7.87. The number of carbonyl (C=O) groups excluding carboxylic acids is 2. The smallest absolute Gasteiger partial charge is 0.379 e. The third-order valence-corrected chi connectivity index (χ3v) is 10.6. The molecule has 0 aliphatic carbocycles. The molecular weight excluding hydrogens is 662 g/mol. The van der Waals surface area contributed by atoms with Gasteiger partial charge in [-0.25, -0.2) is 4.99 Å². The molecule has 0 atom stereocenters. The number of alkyl halides is 3. The fourth-order valence-electron chi connectivity index (χ4n) is 5.50. The van der Waals surface area contributed by atoms with Crippen LogP contribution in [0.2, 0.25) is 0 Å². The summed E-state index contributed by atoms with van der Waals surface area (Å²) in [6, 6.07) is 21.6. The lowest BCUT2D eigenvalue weighted by atomic mass is 10.1. The summed E-state index contributed by atoms with van der Waals surface area (Å²) in [5.74, 6) is -2.20. The van der Waals surface area contributed by atoms with Crippen molar-refractivity contribution >= 4 is 57.6 Å². The van der Waals surface area contributed by atoms with Crippen LogP contribution in [0.15, 0.2) is 86.6 Å². The molecule has 9 nitrogen and oxygen atoms in total. The number of nitrogens with zero attached hydrogens (tertiary/aromatic N) is 6. The average Bonchev–Trinajstić information content (AvgIpc) is 3.57. The van der Waals surface area contributed by atoms with Gasteiger partial charge in [-0.2, -0.15) is 18.4 Å². The number of amides is 2. The molecule has 0 spiro atoms. The van der Waals surface area contributed by atoms with Crippen molar-refractivity contribution in [3.8, 4) is 6.07 Å². The number of morpholine rings is 1. The first-order chi connectivity index (χ1) is 23.0. The lowest BCUT2D eigenvalue weighted by molar-refractivity contribution is -0.170. The Morgan fingerprint density at radius 1 is 1.06 bits per heavy atom. The quantitative estimate of drug-likeness (QED) is 0.268. The third-order valence-electron chi connectivity index (χ3n) is 8.15. The number of hydrogen-bond donors (Lipinski definition) is 0. The van der Waals surface area contributed by atoms with E-state index in [0.717, 1.165) is 16.0 Å². The van der Waals surface area contributed by atoms with E-state index < -0.39 is 12.1 Å². The van der Waals surface area contributed by atoms with E-state index in [1.807, 2.05) is 53.1 Å². The predicted molar refractivity (Wildman–Crippen MR) is 181 cm³/mol. The maximum absolute atomic E-state index is 14.1. The van der Waals surface area contributed by atoms with Gasteiger partial charge in [0.25, 0.3) is 5.91 Å². The molecule has 0 bridgehead atoms. The SMILES string of the molecule is Cc1ccc(C#N)cc1N=C1S/C(=C2\Sc3cc(N(CCN4CCOCC4)C(=O)C(F)(F)F)ccc3N2C)C(=O)N1Cc1ccccc1. The van der Waals surface area contributed by atoms with Crippen molar-refractivity contribution in [2.45, 2.75) is 24.5 Å². The van der Waals surface area contributed by atoms with Crippen molar-refractivity contribution in [3.05, 3.63) is 93.4 Å². The number of carbonyl (C=O) groups is 2. The van der Waals surface area contributed by atoms with Gasteiger partial charge in [-0.3, -0.25) is 19.4 Å². The van der Waals surface area contributed by atoms with Crippen LogP contribution >= 0.6 is 23.5 Å². The Morgan fingerprint density at radius 3 is 2.52 bits per heavy atom. The maximum Gasteiger partial charge on any atom is 0.471 e. The van der Waals surface area contributed by atoms with Gasteiger partial charge < -0.3 is 14.5 Å². The highest BCUT2D eigenvalue weighted by Gasteiger charge is 2.44. The van der Waals surface area contributed by atoms with Crippen molar-refractivity contribution < 1.29 is 27.5 Å². The summed E-state index contributed by atoms with van der Waals surface area (Å²) in [6.07, 6.45) is -5.04. The number of rotatable bonds is 7. The molecule has 0 radical (unpaired) electrons. The van der Waals surface area contributed by atoms with Crippen molar-refractivity contribution in [2.24, 2.45) is 4.99 Å². The molecule has 3 aliphatic rings. The van der Waals surface area contributed by atoms with Crippen molar-refractivity contribution in [3.63, 3.8) is 0 Å². The lowest BCUT2D eigenvalue weighted by Gasteiger charge is -2.30. The minimum absolute atomic E-state index is 0.127. The van der Waals surface area contributed by atoms with E-state index in [-0.39, 0.29) is 31.2 Å². The largest absolute Gasteiger partial charge is 0.471 e. The number of aliphatic imine (C=N–C) groups is 1. The van der Waals surface area contributed by atoms with Gasteiger partial charge in [0.1, 0.15) is 4.91 Å². The Morgan fingerprint density at radius 2 is 1.81 bits per heavy atom. The number of fused-ring (bicyclic) bond motifs is 1. The summed E-state index contributed by atoms with van der Waals surface area (Å²) in [4.78, 5) is 38.8. The van der Waals surface area contributed by atoms with E-state index >= 15 is 0 Å². The molecule has 2 saturated heterocycles. The first kappa shape index (κ1) is 33.6. The van der Waals surface area contributed by atoms with Crippen LogP contribution < -0.4 is 9.80 Å². The highest BCUT2D eigenvalue weighted by atomic mass is 32.2. The van der Waals surface area contributed by atoms with Gasteiger partial charge in [0.2, 0.25) is 0 Å². The highest BCUT2D eigenvalue weighted by Crippen LogP contribution is 2.51. The van der Waals surface area contributed by atoms with Crippen LogP contribution in [0.1, 0.15) is 16.7 Å². The number of nitriles is 1. The average molecular weight is 693 g/mol. The van der Waals surface area contributed by atoms with Gasteiger partial charge in [0, 0.05) is 43.8 Å². The molecule has 14 heteroatoms. The number of anilines is 2. The van der Waals surface area contributed by atoms with Gasteiger partial charge in [-0.05, 0) is 60.1 Å². The van der Waals surface area contributed by atoms with Gasteiger partial charge in [-0.1, -0.05) is 48.2 Å². The number of benzene rings is 3. The summed E-state index contributed by atoms with van der Waals surface area (Å²) in [5, 5.41) is 10.5. The van der Waals surface area contributed by atoms with Crippen LogP contribution in [-0.2, 0) is 20.9 Å². The molecule has 2 amide bonds.